The summed E-state index contributed by atoms with van der Waals surface area (Å²) in [6.45, 7) is 3.75. The molecule has 10 nitrogen and oxygen atoms in total. The van der Waals surface area contributed by atoms with E-state index < -0.39 is 20.0 Å². The minimum atomic E-state index is -3.82. The highest BCUT2D eigenvalue weighted by molar-refractivity contribution is 7.93. The molecule has 6 aromatic rings. The van der Waals surface area contributed by atoms with Crippen molar-refractivity contribution in [2.75, 3.05) is 20.1 Å². The van der Waals surface area contributed by atoms with Gasteiger partial charge in [0.2, 0.25) is 0 Å². The molecule has 0 fully saturated rings. The van der Waals surface area contributed by atoms with Gasteiger partial charge in [-0.1, -0.05) is 71.8 Å². The molecule has 0 spiro atoms. The number of sulfonamides is 2. The van der Waals surface area contributed by atoms with Crippen LogP contribution >= 0.6 is 0 Å². The quantitative estimate of drug-likeness (QED) is 0.0998. The molecule has 4 N–H and O–H groups in total. The smallest absolute Gasteiger partial charge is 0.261 e. The van der Waals surface area contributed by atoms with E-state index in [0.29, 0.717) is 28.9 Å². The molecule has 0 saturated carbocycles. The molecule has 0 bridgehead atoms. The van der Waals surface area contributed by atoms with Gasteiger partial charge in [-0.3, -0.25) is 19.0 Å². The van der Waals surface area contributed by atoms with E-state index in [1.807, 2.05) is 38.1 Å². The Morgan fingerprint density at radius 3 is 1.17 bits per heavy atom. The minimum Gasteiger partial charge on any atom is -0.322 e. The van der Waals surface area contributed by atoms with Gasteiger partial charge >= 0.3 is 0 Å². The van der Waals surface area contributed by atoms with E-state index in [0.717, 1.165) is 22.3 Å². The van der Waals surface area contributed by atoms with Crippen molar-refractivity contribution >= 4 is 54.6 Å². The van der Waals surface area contributed by atoms with E-state index in [4.69, 9.17) is 0 Å². The van der Waals surface area contributed by atoms with E-state index >= 15 is 0 Å². The highest BCUT2D eigenvalue weighted by Crippen LogP contribution is 2.22. The van der Waals surface area contributed by atoms with Gasteiger partial charge in [0.15, 0.2) is 0 Å². The molecular weight excluding hydrogens is 709 g/mol. The van der Waals surface area contributed by atoms with Crippen LogP contribution in [-0.4, -0.2) is 28.6 Å². The number of carbonyl (C=O) groups excluding carboxylic acids is 2. The van der Waals surface area contributed by atoms with Crippen LogP contribution in [0.3, 0.4) is 0 Å². The molecule has 268 valence electrons. The first-order chi connectivity index (χ1) is 25.3. The average Bonchev–Trinajstić information content (AvgIpc) is 3.13. The lowest BCUT2D eigenvalue weighted by Gasteiger charge is -2.11. The van der Waals surface area contributed by atoms with Gasteiger partial charge in [-0.15, -0.1) is 0 Å². The molecule has 0 aliphatic carbocycles. The lowest BCUT2D eigenvalue weighted by atomic mass is 10.0. The largest absolute Gasteiger partial charge is 0.322 e. The van der Waals surface area contributed by atoms with Crippen molar-refractivity contribution in [1.29, 1.82) is 0 Å². The van der Waals surface area contributed by atoms with Gasteiger partial charge in [-0.25, -0.2) is 16.8 Å². The summed E-state index contributed by atoms with van der Waals surface area (Å²) in [5, 5.41) is 5.70. The minimum absolute atomic E-state index is 0.128. The van der Waals surface area contributed by atoms with Gasteiger partial charge in [-0.05, 0) is 116 Å². The second-order valence-electron chi connectivity index (χ2n) is 12.5. The van der Waals surface area contributed by atoms with Gasteiger partial charge in [0.05, 0.1) is 9.79 Å². The third kappa shape index (κ3) is 9.56. The molecule has 0 saturated heterocycles. The molecule has 2 amide bonds. The number of amides is 2. The second-order valence-corrected chi connectivity index (χ2v) is 15.8. The molecule has 0 radical (unpaired) electrons. The SMILES string of the molecule is Cc1ccc(S(=O)(=O)Nc2cccc(C(=O)Nc3ccc(Cc4ccc(NC(=O)c5cccc(NS(=O)(=O)c6ccc(C)cc6)c5)cc4)cc3)c2)cc1. The van der Waals surface area contributed by atoms with E-state index in [2.05, 4.69) is 20.1 Å². The van der Waals surface area contributed by atoms with Gasteiger partial charge in [0, 0.05) is 33.9 Å². The van der Waals surface area contributed by atoms with Crippen molar-refractivity contribution in [2.45, 2.75) is 30.1 Å². The van der Waals surface area contributed by atoms with E-state index in [1.165, 1.54) is 36.4 Å². The Balaban J connectivity index is 1.02. The lowest BCUT2D eigenvalue weighted by molar-refractivity contribution is 0.101. The zero-order valence-corrected chi connectivity index (χ0v) is 30.5. The number of anilines is 4. The molecule has 0 atom stereocenters. The van der Waals surface area contributed by atoms with Crippen LogP contribution in [0.4, 0.5) is 22.7 Å². The van der Waals surface area contributed by atoms with Crippen molar-refractivity contribution in [1.82, 2.24) is 0 Å². The summed E-state index contributed by atoms with van der Waals surface area (Å²) in [5.74, 6) is -0.774. The number of hydrogen-bond acceptors (Lipinski definition) is 6. The van der Waals surface area contributed by atoms with Crippen LogP contribution < -0.4 is 20.1 Å². The van der Waals surface area contributed by atoms with E-state index in [-0.39, 0.29) is 33.0 Å². The van der Waals surface area contributed by atoms with Crippen LogP contribution in [0.15, 0.2) is 155 Å². The zero-order chi connectivity index (χ0) is 37.6. The third-order valence-corrected chi connectivity index (χ3v) is 11.0. The standard InChI is InChI=1S/C41H36N4O6S2/c1-28-9-21-38(22-10-28)52(48,49)44-36-7-3-5-32(26-36)40(46)42-34-17-13-30(14-18-34)25-31-15-19-35(20-16-31)43-41(47)33-6-4-8-37(27-33)45-53(50,51)39-23-11-29(2)12-24-39/h3-24,26-27,44-45H,25H2,1-2H3,(H,42,46)(H,43,47). The van der Waals surface area contributed by atoms with Crippen LogP contribution in [0.25, 0.3) is 0 Å². The molecule has 0 aromatic heterocycles. The summed E-state index contributed by atoms with van der Waals surface area (Å²) in [6.07, 6.45) is 0.606. The summed E-state index contributed by atoms with van der Waals surface area (Å²) in [4.78, 5) is 26.3. The van der Waals surface area contributed by atoms with Crippen molar-refractivity contribution in [3.63, 3.8) is 0 Å². The number of rotatable bonds is 12. The van der Waals surface area contributed by atoms with Crippen LogP contribution in [0.1, 0.15) is 43.0 Å². The number of hydrogen-bond donors (Lipinski definition) is 4. The maximum Gasteiger partial charge on any atom is 0.261 e. The average molecular weight is 745 g/mol. The normalized spacial score (nSPS) is 11.4. The fourth-order valence-electron chi connectivity index (χ4n) is 5.36. The van der Waals surface area contributed by atoms with Gasteiger partial charge in [-0.2, -0.15) is 0 Å². The number of benzene rings is 6. The number of carbonyl (C=O) groups is 2. The topological polar surface area (TPSA) is 151 Å². The van der Waals surface area contributed by atoms with Gasteiger partial charge < -0.3 is 10.6 Å². The van der Waals surface area contributed by atoms with Gasteiger partial charge in [0.25, 0.3) is 31.9 Å². The highest BCUT2D eigenvalue weighted by atomic mass is 32.2. The highest BCUT2D eigenvalue weighted by Gasteiger charge is 2.17. The fourth-order valence-corrected chi connectivity index (χ4v) is 7.46. The Bertz CT molecular complexity index is 2310. The first-order valence-electron chi connectivity index (χ1n) is 16.5. The summed E-state index contributed by atoms with van der Waals surface area (Å²) in [7, 11) is -7.63. The summed E-state index contributed by atoms with van der Waals surface area (Å²) in [5.41, 5.74) is 6.17. The Hall–Kier alpha value is -6.24. The van der Waals surface area contributed by atoms with Crippen molar-refractivity contribution in [3.8, 4) is 0 Å². The fraction of sp³-hybridized carbons (Fsp3) is 0.0732. The molecule has 6 rings (SSSR count). The van der Waals surface area contributed by atoms with Crippen LogP contribution in [-0.2, 0) is 26.5 Å². The van der Waals surface area contributed by atoms with Crippen molar-refractivity contribution in [3.05, 3.63) is 179 Å². The molecule has 0 aliphatic rings. The lowest BCUT2D eigenvalue weighted by Crippen LogP contribution is -2.15. The maximum absolute atomic E-state index is 13.0. The van der Waals surface area contributed by atoms with E-state index in [9.17, 15) is 26.4 Å². The Morgan fingerprint density at radius 2 is 0.811 bits per heavy atom. The van der Waals surface area contributed by atoms with Crippen molar-refractivity contribution < 1.29 is 26.4 Å². The molecule has 6 aromatic carbocycles. The van der Waals surface area contributed by atoms with Crippen LogP contribution in [0.5, 0.6) is 0 Å². The molecular formula is C41H36N4O6S2. The van der Waals surface area contributed by atoms with Crippen LogP contribution in [0, 0.1) is 13.8 Å². The molecule has 0 unspecified atom stereocenters. The third-order valence-electron chi connectivity index (χ3n) is 8.25. The summed E-state index contributed by atoms with van der Waals surface area (Å²) in [6, 6.07) is 40.3. The summed E-state index contributed by atoms with van der Waals surface area (Å²) >= 11 is 0. The maximum atomic E-state index is 13.0. The van der Waals surface area contributed by atoms with Crippen molar-refractivity contribution in [2.24, 2.45) is 0 Å². The Kier molecular flexibility index (Phi) is 10.7. The molecule has 12 heteroatoms. The predicted octanol–water partition coefficient (Wildman–Crippen LogP) is 8.00. The van der Waals surface area contributed by atoms with Crippen LogP contribution in [0.2, 0.25) is 0 Å². The number of aryl methyl sites for hydroxylation is 2. The number of nitrogens with one attached hydrogen (secondary N) is 4. The Morgan fingerprint density at radius 1 is 0.453 bits per heavy atom. The van der Waals surface area contributed by atoms with Gasteiger partial charge in [0.1, 0.15) is 0 Å². The van der Waals surface area contributed by atoms with E-state index in [1.54, 1.807) is 84.9 Å². The first kappa shape index (κ1) is 36.5. The summed E-state index contributed by atoms with van der Waals surface area (Å²) < 4.78 is 56.3. The molecule has 53 heavy (non-hydrogen) atoms. The molecule has 0 aliphatic heterocycles. The molecule has 0 heterocycles. The zero-order valence-electron chi connectivity index (χ0n) is 28.8. The monoisotopic (exact) mass is 744 g/mol. The first-order valence-corrected chi connectivity index (χ1v) is 19.5. The predicted molar refractivity (Wildman–Crippen MR) is 208 cm³/mol. The Labute approximate surface area is 309 Å². The second kappa shape index (κ2) is 15.6.